The maximum atomic E-state index is 12.8. The Balaban J connectivity index is 0.00000385. The molecule has 3 aliphatic heterocycles. The molecule has 184 valence electrons. The highest BCUT2D eigenvalue weighted by atomic mass is 35.5. The number of hydrogen-bond acceptors (Lipinski definition) is 10. The third-order valence-corrected chi connectivity index (χ3v) is 8.62. The molecule has 3 atom stereocenters. The van der Waals surface area contributed by atoms with E-state index in [9.17, 15) is 19.2 Å². The van der Waals surface area contributed by atoms with Crippen LogP contribution in [0, 0.1) is 5.41 Å². The van der Waals surface area contributed by atoms with Crippen molar-refractivity contribution in [1.82, 2.24) is 10.2 Å². The van der Waals surface area contributed by atoms with Crippen molar-refractivity contribution in [2.45, 2.75) is 45.2 Å². The molecule has 0 aromatic carbocycles. The highest BCUT2D eigenvalue weighted by Gasteiger charge is 2.54. The summed E-state index contributed by atoms with van der Waals surface area (Å²) in [7, 11) is 0. The zero-order chi connectivity index (χ0) is 23.6. The Morgan fingerprint density at radius 3 is 2.58 bits per heavy atom. The molecule has 33 heavy (non-hydrogen) atoms. The second-order valence-electron chi connectivity index (χ2n) is 8.56. The Morgan fingerprint density at radius 1 is 1.27 bits per heavy atom. The number of nitrogens with one attached hydrogen (secondary N) is 1. The Hall–Kier alpha value is -1.34. The molecule has 3 unspecified atom stereocenters. The average molecular weight is 538 g/mol. The molecular formula is C20H28ClN3O6S3. The number of β-lactam (4-membered cyclic amide) rings is 1. The number of halogens is 1. The minimum absolute atomic E-state index is 0. The van der Waals surface area contributed by atoms with Crippen LogP contribution in [0.1, 0.15) is 27.7 Å². The van der Waals surface area contributed by atoms with Gasteiger partial charge in [0.05, 0.1) is 5.41 Å². The molecule has 1 fully saturated rings. The van der Waals surface area contributed by atoms with Gasteiger partial charge in [0.1, 0.15) is 23.2 Å². The van der Waals surface area contributed by atoms with Gasteiger partial charge < -0.3 is 20.5 Å². The topological polar surface area (TPSA) is 128 Å². The van der Waals surface area contributed by atoms with Crippen LogP contribution in [-0.4, -0.2) is 69.5 Å². The second-order valence-corrected chi connectivity index (χ2v) is 11.9. The van der Waals surface area contributed by atoms with Crippen LogP contribution < -0.4 is 11.1 Å². The maximum Gasteiger partial charge on any atom is 0.357 e. The van der Waals surface area contributed by atoms with E-state index in [-0.39, 0.29) is 18.1 Å². The first kappa shape index (κ1) is 27.9. The molecule has 3 aliphatic rings. The largest absolute Gasteiger partial charge is 0.427 e. The van der Waals surface area contributed by atoms with E-state index in [1.54, 1.807) is 51.2 Å². The van der Waals surface area contributed by atoms with Gasteiger partial charge in [0, 0.05) is 16.6 Å². The zero-order valence-corrected chi connectivity index (χ0v) is 22.0. The fraction of sp³-hybridized carbons (Fsp3) is 0.600. The van der Waals surface area contributed by atoms with E-state index in [1.807, 2.05) is 5.41 Å². The van der Waals surface area contributed by atoms with Crippen molar-refractivity contribution >= 4 is 71.4 Å². The summed E-state index contributed by atoms with van der Waals surface area (Å²) in [6.07, 6.45) is 0. The summed E-state index contributed by atoms with van der Waals surface area (Å²) in [6, 6.07) is -1.58. The van der Waals surface area contributed by atoms with Gasteiger partial charge >= 0.3 is 11.9 Å². The van der Waals surface area contributed by atoms with Gasteiger partial charge in [0.25, 0.3) is 5.91 Å². The van der Waals surface area contributed by atoms with Gasteiger partial charge in [-0.1, -0.05) is 0 Å². The summed E-state index contributed by atoms with van der Waals surface area (Å²) in [5, 5.41) is 5.13. The van der Waals surface area contributed by atoms with E-state index in [2.05, 4.69) is 5.32 Å². The molecule has 0 saturated carbocycles. The first-order valence-electron chi connectivity index (χ1n) is 9.95. The van der Waals surface area contributed by atoms with E-state index >= 15 is 0 Å². The quantitative estimate of drug-likeness (QED) is 0.294. The number of ether oxygens (including phenoxy) is 2. The van der Waals surface area contributed by atoms with Crippen molar-refractivity contribution in [1.29, 1.82) is 0 Å². The minimum atomic E-state index is -0.815. The van der Waals surface area contributed by atoms with Gasteiger partial charge in [-0.15, -0.1) is 47.7 Å². The number of nitrogens with two attached hydrogens (primary N) is 1. The van der Waals surface area contributed by atoms with E-state index in [0.29, 0.717) is 17.1 Å². The summed E-state index contributed by atoms with van der Waals surface area (Å²) in [4.78, 5) is 51.2. The number of nitrogens with zero attached hydrogens (tertiary/aromatic N) is 1. The fourth-order valence-corrected chi connectivity index (χ4v) is 6.47. The SMILES string of the molecule is CC1=C(C(=O)OCOC(=O)C(C)(C)C)N2C(=O)C(NC(=O)C(N)C3=CSCSC3)C2SC1.Cl. The number of rotatable bonds is 6. The Morgan fingerprint density at radius 2 is 1.97 bits per heavy atom. The lowest BCUT2D eigenvalue weighted by atomic mass is 9.98. The molecule has 13 heteroatoms. The average Bonchev–Trinajstić information content (AvgIpc) is 2.76. The molecule has 0 bridgehead atoms. The first-order valence-corrected chi connectivity index (χ1v) is 13.2. The highest BCUT2D eigenvalue weighted by molar-refractivity contribution is 8.18. The van der Waals surface area contributed by atoms with Gasteiger partial charge in [-0.2, -0.15) is 0 Å². The smallest absolute Gasteiger partial charge is 0.357 e. The standard InChI is InChI=1S/C20H27N3O6S3.ClH/c1-10-5-32-17-13(22-15(24)12(21)11-6-30-9-31-7-11)16(25)23(17)14(10)18(26)28-8-29-19(27)20(2,3)4;/h6,12-13,17H,5,7-9,21H2,1-4H3,(H,22,24);1H. The van der Waals surface area contributed by atoms with Crippen LogP contribution in [0.4, 0.5) is 0 Å². The summed E-state index contributed by atoms with van der Waals surface area (Å²) >= 11 is 4.73. The molecule has 9 nitrogen and oxygen atoms in total. The van der Waals surface area contributed by atoms with Gasteiger partial charge in [-0.25, -0.2) is 4.79 Å². The maximum absolute atomic E-state index is 12.8. The summed E-state index contributed by atoms with van der Waals surface area (Å²) < 4.78 is 10.1. The second kappa shape index (κ2) is 11.4. The van der Waals surface area contributed by atoms with Gasteiger partial charge in [0.15, 0.2) is 0 Å². The molecule has 3 heterocycles. The molecule has 0 radical (unpaired) electrons. The van der Waals surface area contributed by atoms with Crippen LogP contribution in [-0.2, 0) is 28.7 Å². The normalized spacial score (nSPS) is 23.4. The summed E-state index contributed by atoms with van der Waals surface area (Å²) in [5.74, 6) is -0.882. The minimum Gasteiger partial charge on any atom is -0.427 e. The number of esters is 2. The molecule has 3 rings (SSSR count). The number of thioether (sulfide) groups is 3. The number of carbonyl (C=O) groups is 4. The molecule has 0 aliphatic carbocycles. The Labute approximate surface area is 211 Å². The third kappa shape index (κ3) is 6.21. The lowest BCUT2D eigenvalue weighted by Gasteiger charge is -2.49. The van der Waals surface area contributed by atoms with Crippen molar-refractivity contribution in [3.8, 4) is 0 Å². The third-order valence-electron chi connectivity index (χ3n) is 4.98. The molecule has 0 aromatic heterocycles. The van der Waals surface area contributed by atoms with E-state index in [0.717, 1.165) is 10.7 Å². The predicted octanol–water partition coefficient (Wildman–Crippen LogP) is 1.82. The van der Waals surface area contributed by atoms with E-state index in [1.165, 1.54) is 16.7 Å². The number of fused-ring (bicyclic) bond motifs is 1. The Kier molecular flexibility index (Phi) is 9.63. The van der Waals surface area contributed by atoms with Gasteiger partial charge in [0.2, 0.25) is 12.7 Å². The van der Waals surface area contributed by atoms with E-state index < -0.39 is 53.4 Å². The van der Waals surface area contributed by atoms with Crippen LogP contribution in [0.3, 0.4) is 0 Å². The summed E-state index contributed by atoms with van der Waals surface area (Å²) in [6.45, 7) is 6.27. The lowest BCUT2D eigenvalue weighted by molar-refractivity contribution is -0.173. The molecule has 2 amide bonds. The van der Waals surface area contributed by atoms with E-state index in [4.69, 9.17) is 15.2 Å². The molecule has 0 spiro atoms. The monoisotopic (exact) mass is 537 g/mol. The zero-order valence-electron chi connectivity index (χ0n) is 18.7. The van der Waals surface area contributed by atoms with Crippen LogP contribution in [0.2, 0.25) is 0 Å². The number of hydrogen-bond donors (Lipinski definition) is 2. The van der Waals surface area contributed by atoms with Crippen molar-refractivity contribution in [3.63, 3.8) is 0 Å². The lowest BCUT2D eigenvalue weighted by Crippen LogP contribution is -2.71. The first-order chi connectivity index (χ1) is 15.0. The number of amides is 2. The Bertz CT molecular complexity index is 889. The van der Waals surface area contributed by atoms with Crippen molar-refractivity contribution in [2.24, 2.45) is 11.1 Å². The van der Waals surface area contributed by atoms with Crippen molar-refractivity contribution in [3.05, 3.63) is 22.3 Å². The predicted molar refractivity (Wildman–Crippen MR) is 132 cm³/mol. The fourth-order valence-electron chi connectivity index (χ4n) is 3.14. The molecular weight excluding hydrogens is 510 g/mol. The highest BCUT2D eigenvalue weighted by Crippen LogP contribution is 2.40. The van der Waals surface area contributed by atoms with Gasteiger partial charge in [-0.05, 0) is 44.2 Å². The van der Waals surface area contributed by atoms with Crippen molar-refractivity contribution in [2.75, 3.05) is 23.4 Å². The van der Waals surface area contributed by atoms with Crippen LogP contribution in [0.25, 0.3) is 0 Å². The number of carbonyl (C=O) groups excluding carboxylic acids is 4. The summed E-state index contributed by atoms with van der Waals surface area (Å²) in [5.41, 5.74) is 6.98. The van der Waals surface area contributed by atoms with Crippen molar-refractivity contribution < 1.29 is 28.7 Å². The molecule has 3 N–H and O–H groups in total. The van der Waals surface area contributed by atoms with Crippen LogP contribution in [0.5, 0.6) is 0 Å². The van der Waals surface area contributed by atoms with Gasteiger partial charge in [-0.3, -0.25) is 19.3 Å². The van der Waals surface area contributed by atoms with Crippen LogP contribution in [0.15, 0.2) is 22.3 Å². The molecule has 1 saturated heterocycles. The molecule has 0 aromatic rings. The van der Waals surface area contributed by atoms with Crippen LogP contribution >= 0.6 is 47.7 Å².